The van der Waals surface area contributed by atoms with Crippen molar-refractivity contribution in [2.24, 2.45) is 0 Å². The molecule has 0 radical (unpaired) electrons. The zero-order chi connectivity index (χ0) is 22.5. The van der Waals surface area contributed by atoms with Gasteiger partial charge in [-0.3, -0.25) is 0 Å². The molecule has 8 nitrogen and oxygen atoms in total. The van der Waals surface area contributed by atoms with E-state index in [0.29, 0.717) is 40.0 Å². The molecule has 0 bridgehead atoms. The fraction of sp³-hybridized carbons (Fsp3) is 0.167. The Labute approximate surface area is 183 Å². The number of fused-ring (bicyclic) bond motifs is 1. The lowest BCUT2D eigenvalue weighted by Crippen LogP contribution is -2.01. The molecule has 0 saturated carbocycles. The summed E-state index contributed by atoms with van der Waals surface area (Å²) in [6.07, 6.45) is 2.90. The van der Waals surface area contributed by atoms with Crippen LogP contribution in [0.5, 0.6) is 17.2 Å². The lowest BCUT2D eigenvalue weighted by atomic mass is 10.1. The molecule has 0 atom stereocenters. The first-order chi connectivity index (χ1) is 15.6. The average molecular weight is 435 g/mol. The molecule has 0 aliphatic heterocycles. The van der Waals surface area contributed by atoms with Gasteiger partial charge in [-0.05, 0) is 35.9 Å². The molecule has 0 aliphatic carbocycles. The second-order valence-corrected chi connectivity index (χ2v) is 6.73. The molecule has 0 fully saturated rings. The fourth-order valence-electron chi connectivity index (χ4n) is 3.15. The average Bonchev–Trinajstić information content (AvgIpc) is 3.47. The highest BCUT2D eigenvalue weighted by Gasteiger charge is 2.14. The van der Waals surface area contributed by atoms with Crippen LogP contribution in [0.4, 0.5) is 0 Å². The minimum absolute atomic E-state index is 0.0395. The zero-order valence-corrected chi connectivity index (χ0v) is 17.8. The highest BCUT2D eigenvalue weighted by molar-refractivity contribution is 5.87. The smallest absolute Gasteiger partial charge is 0.331 e. The number of benzene rings is 2. The summed E-state index contributed by atoms with van der Waals surface area (Å²) in [7, 11) is 4.57. The number of aromatic nitrogens is 1. The van der Waals surface area contributed by atoms with Crippen molar-refractivity contribution in [3.8, 4) is 28.8 Å². The Morgan fingerprint density at radius 3 is 2.41 bits per heavy atom. The quantitative estimate of drug-likeness (QED) is 0.286. The predicted octanol–water partition coefficient (Wildman–Crippen LogP) is 4.87. The van der Waals surface area contributed by atoms with Gasteiger partial charge in [-0.2, -0.15) is 0 Å². The van der Waals surface area contributed by atoms with E-state index in [-0.39, 0.29) is 6.61 Å². The lowest BCUT2D eigenvalue weighted by molar-refractivity contribution is -0.139. The standard InChI is InChI=1S/C24H21NO7/c1-27-21-10-15(11-22(28-2)24(21)29-3)8-9-23(26)30-14-17-13-20(32-25-17)19-12-16-6-4-5-7-18(16)31-19/h4-13H,14H2,1-3H3/b9-8-. The van der Waals surface area contributed by atoms with Crippen molar-refractivity contribution in [1.82, 2.24) is 5.16 Å². The second kappa shape index (κ2) is 9.30. The third-order valence-electron chi connectivity index (χ3n) is 4.69. The Balaban J connectivity index is 1.40. The maximum atomic E-state index is 12.1. The van der Waals surface area contributed by atoms with Crippen molar-refractivity contribution >= 4 is 23.0 Å². The number of nitrogens with zero attached hydrogens (tertiary/aromatic N) is 1. The number of ether oxygens (including phenoxy) is 4. The predicted molar refractivity (Wildman–Crippen MR) is 117 cm³/mol. The van der Waals surface area contributed by atoms with E-state index in [1.165, 1.54) is 27.4 Å². The first-order valence-electron chi connectivity index (χ1n) is 9.70. The number of esters is 1. The van der Waals surface area contributed by atoms with Crippen LogP contribution in [0.2, 0.25) is 0 Å². The van der Waals surface area contributed by atoms with Crippen LogP contribution in [0.15, 0.2) is 63.5 Å². The minimum atomic E-state index is -0.535. The maximum absolute atomic E-state index is 12.1. The summed E-state index contributed by atoms with van der Waals surface area (Å²) in [4.78, 5) is 12.1. The highest BCUT2D eigenvalue weighted by atomic mass is 16.5. The largest absolute Gasteiger partial charge is 0.493 e. The molecule has 0 saturated heterocycles. The summed E-state index contributed by atoms with van der Waals surface area (Å²) in [5, 5.41) is 4.90. The van der Waals surface area contributed by atoms with Crippen LogP contribution in [0.25, 0.3) is 28.6 Å². The summed E-state index contributed by atoms with van der Waals surface area (Å²) in [5.41, 5.74) is 1.91. The third kappa shape index (κ3) is 4.44. The molecule has 2 aromatic heterocycles. The molecule has 0 spiro atoms. The summed E-state index contributed by atoms with van der Waals surface area (Å²) in [6.45, 7) is -0.0395. The van der Waals surface area contributed by atoms with Crippen molar-refractivity contribution in [2.75, 3.05) is 21.3 Å². The fourth-order valence-corrected chi connectivity index (χ4v) is 3.15. The molecule has 164 valence electrons. The Hall–Kier alpha value is -4.20. The van der Waals surface area contributed by atoms with E-state index in [1.54, 1.807) is 24.3 Å². The molecule has 0 N–H and O–H groups in total. The Bertz CT molecular complexity index is 1210. The first kappa shape index (κ1) is 21.0. The van der Waals surface area contributed by atoms with Crippen molar-refractivity contribution in [3.63, 3.8) is 0 Å². The highest BCUT2D eigenvalue weighted by Crippen LogP contribution is 2.38. The number of hydrogen-bond acceptors (Lipinski definition) is 8. The molecule has 4 aromatic rings. The van der Waals surface area contributed by atoms with Gasteiger partial charge in [-0.15, -0.1) is 0 Å². The van der Waals surface area contributed by atoms with Crippen LogP contribution < -0.4 is 14.2 Å². The van der Waals surface area contributed by atoms with Gasteiger partial charge < -0.3 is 27.9 Å². The normalized spacial score (nSPS) is 11.1. The van der Waals surface area contributed by atoms with Crippen LogP contribution in [0.1, 0.15) is 11.3 Å². The number of methoxy groups -OCH3 is 3. The number of para-hydroxylation sites is 1. The Kier molecular flexibility index (Phi) is 6.12. The van der Waals surface area contributed by atoms with E-state index in [2.05, 4.69) is 5.16 Å². The number of carbonyl (C=O) groups excluding carboxylic acids is 1. The van der Waals surface area contributed by atoms with Gasteiger partial charge in [-0.1, -0.05) is 23.4 Å². The van der Waals surface area contributed by atoms with Crippen molar-refractivity contribution < 1.29 is 32.7 Å². The van der Waals surface area contributed by atoms with Gasteiger partial charge in [0.1, 0.15) is 17.9 Å². The van der Waals surface area contributed by atoms with Crippen LogP contribution in [0, 0.1) is 0 Å². The maximum Gasteiger partial charge on any atom is 0.331 e. The molecule has 0 amide bonds. The van der Waals surface area contributed by atoms with Gasteiger partial charge >= 0.3 is 5.97 Å². The number of hydrogen-bond donors (Lipinski definition) is 0. The van der Waals surface area contributed by atoms with Gasteiger partial charge in [0.25, 0.3) is 0 Å². The number of carbonyl (C=O) groups is 1. The summed E-state index contributed by atoms with van der Waals surface area (Å²) in [6, 6.07) is 14.6. The summed E-state index contributed by atoms with van der Waals surface area (Å²) >= 11 is 0. The lowest BCUT2D eigenvalue weighted by Gasteiger charge is -2.12. The molecule has 0 unspecified atom stereocenters. The van der Waals surface area contributed by atoms with Crippen LogP contribution in [-0.4, -0.2) is 32.5 Å². The van der Waals surface area contributed by atoms with Gasteiger partial charge in [0.05, 0.1) is 21.3 Å². The molecule has 8 heteroatoms. The molecule has 2 aromatic carbocycles. The van der Waals surface area contributed by atoms with E-state index >= 15 is 0 Å². The van der Waals surface area contributed by atoms with E-state index in [4.69, 9.17) is 27.9 Å². The summed E-state index contributed by atoms with van der Waals surface area (Å²) in [5.74, 6) is 1.92. The molecular formula is C24H21NO7. The van der Waals surface area contributed by atoms with Gasteiger partial charge in [0.15, 0.2) is 17.3 Å². The molecule has 4 rings (SSSR count). The SMILES string of the molecule is COc1cc(/C=C\C(=O)OCc2cc(-c3cc4ccccc4o3)on2)cc(OC)c1OC. The van der Waals surface area contributed by atoms with Gasteiger partial charge in [0, 0.05) is 17.5 Å². The first-order valence-corrected chi connectivity index (χ1v) is 9.70. The van der Waals surface area contributed by atoms with Crippen LogP contribution in [0.3, 0.4) is 0 Å². The Morgan fingerprint density at radius 1 is 0.969 bits per heavy atom. The monoisotopic (exact) mass is 435 g/mol. The molecular weight excluding hydrogens is 414 g/mol. The van der Waals surface area contributed by atoms with Crippen LogP contribution >= 0.6 is 0 Å². The van der Waals surface area contributed by atoms with Gasteiger partial charge in [0.2, 0.25) is 11.5 Å². The van der Waals surface area contributed by atoms with Crippen molar-refractivity contribution in [3.05, 3.63) is 65.9 Å². The van der Waals surface area contributed by atoms with E-state index in [1.807, 2.05) is 30.3 Å². The van der Waals surface area contributed by atoms with Crippen molar-refractivity contribution in [2.45, 2.75) is 6.61 Å². The topological polar surface area (TPSA) is 93.2 Å². The molecule has 0 aliphatic rings. The Morgan fingerprint density at radius 2 is 1.72 bits per heavy atom. The van der Waals surface area contributed by atoms with Crippen LogP contribution in [-0.2, 0) is 16.1 Å². The minimum Gasteiger partial charge on any atom is -0.493 e. The van der Waals surface area contributed by atoms with Gasteiger partial charge in [-0.25, -0.2) is 4.79 Å². The van der Waals surface area contributed by atoms with E-state index in [0.717, 1.165) is 11.0 Å². The number of rotatable bonds is 8. The summed E-state index contributed by atoms with van der Waals surface area (Å²) < 4.78 is 32.2. The molecule has 32 heavy (non-hydrogen) atoms. The molecule has 2 heterocycles. The second-order valence-electron chi connectivity index (χ2n) is 6.73. The van der Waals surface area contributed by atoms with E-state index in [9.17, 15) is 4.79 Å². The number of furan rings is 1. The van der Waals surface area contributed by atoms with Crippen molar-refractivity contribution in [1.29, 1.82) is 0 Å². The zero-order valence-electron chi connectivity index (χ0n) is 17.8. The van der Waals surface area contributed by atoms with E-state index < -0.39 is 5.97 Å². The third-order valence-corrected chi connectivity index (χ3v) is 4.69.